The molecule has 2 fully saturated rings. The minimum Gasteiger partial charge on any atom is -0.497 e. The number of nitrogens with one attached hydrogen (secondary N) is 1. The third kappa shape index (κ3) is 8.96. The molecule has 1 unspecified atom stereocenters. The number of benzene rings is 3. The summed E-state index contributed by atoms with van der Waals surface area (Å²) in [5, 5.41) is 12.3. The molecule has 19 heteroatoms. The van der Waals surface area contributed by atoms with Gasteiger partial charge in [-0.1, -0.05) is 61.5 Å². The van der Waals surface area contributed by atoms with Crippen molar-refractivity contribution in [3.05, 3.63) is 108 Å². The van der Waals surface area contributed by atoms with Gasteiger partial charge in [0.25, 0.3) is 8.53 Å². The lowest BCUT2D eigenvalue weighted by Gasteiger charge is -2.47. The molecule has 5 aromatic rings. The Morgan fingerprint density at radius 2 is 1.58 bits per heavy atom. The predicted octanol–water partition coefficient (Wildman–Crippen LogP) is 6.77. The van der Waals surface area contributed by atoms with E-state index in [4.69, 9.17) is 28.0 Å². The summed E-state index contributed by atoms with van der Waals surface area (Å²) in [6.45, 7) is 11.1. The highest BCUT2D eigenvalue weighted by molar-refractivity contribution is 7.89. The summed E-state index contributed by atoms with van der Waals surface area (Å²) in [6.07, 6.45) is 0.822. The second kappa shape index (κ2) is 19.6. The molecule has 17 nitrogen and oxygen atoms in total. The third-order valence-electron chi connectivity index (χ3n) is 11.4. The van der Waals surface area contributed by atoms with Gasteiger partial charge in [-0.25, -0.2) is 28.0 Å². The van der Waals surface area contributed by atoms with Crippen molar-refractivity contribution in [2.45, 2.75) is 89.6 Å². The summed E-state index contributed by atoms with van der Waals surface area (Å²) in [6, 6.07) is 25.8. The van der Waals surface area contributed by atoms with E-state index in [0.29, 0.717) is 17.1 Å². The molecular formula is C45H55N8O9PS. The van der Waals surface area contributed by atoms with E-state index in [-0.39, 0.29) is 55.5 Å². The number of imidazole rings is 1. The Kier molecular flexibility index (Phi) is 14.3. The normalized spacial score (nSPS) is 21.3. The number of hydrogen-bond donors (Lipinski definition) is 1. The van der Waals surface area contributed by atoms with E-state index in [1.165, 1.54) is 23.9 Å². The van der Waals surface area contributed by atoms with Crippen LogP contribution in [0.3, 0.4) is 0 Å². The molecule has 7 rings (SSSR count). The van der Waals surface area contributed by atoms with Gasteiger partial charge >= 0.3 is 0 Å². The van der Waals surface area contributed by atoms with Gasteiger partial charge in [-0.05, 0) is 68.7 Å². The standard InChI is InChI=1S/C45H55N8O9PS/c1-9-52-39-40(62-63(60-25-13-24-46)53(30(2)3)31(4)5)44(27-64(52,55)56,61-43(39)51-29-49-38-41(50-32(6)54)47-28-48-42(38)51)26-59-45(33-14-11-10-12-15-33,34-16-20-36(57-7)21-17-34)35-18-22-37(58-8)23-19-35/h10-12,14-23,28-31,39-40,43H,9,13,25-27H2,1-8H3,(H,47,48,50,54)/t39-,40+,43-,44+,63?/m1/s1. The number of sulfonamides is 1. The van der Waals surface area contributed by atoms with Crippen LogP contribution in [0.25, 0.3) is 11.2 Å². The van der Waals surface area contributed by atoms with Crippen LogP contribution in [0.2, 0.25) is 0 Å². The Balaban J connectivity index is 1.46. The Hall–Kier alpha value is -5.09. The Morgan fingerprint density at radius 1 is 0.969 bits per heavy atom. The van der Waals surface area contributed by atoms with Crippen molar-refractivity contribution in [1.82, 2.24) is 28.5 Å². The second-order valence-electron chi connectivity index (χ2n) is 16.1. The molecule has 1 N–H and O–H groups in total. The van der Waals surface area contributed by atoms with Crippen molar-refractivity contribution in [3.8, 4) is 17.6 Å². The van der Waals surface area contributed by atoms with Crippen LogP contribution >= 0.6 is 8.53 Å². The van der Waals surface area contributed by atoms with Gasteiger partial charge in [0.2, 0.25) is 15.9 Å². The Bertz CT molecular complexity index is 2490. The average molecular weight is 915 g/mol. The predicted molar refractivity (Wildman–Crippen MR) is 241 cm³/mol. The smallest absolute Gasteiger partial charge is 0.259 e. The van der Waals surface area contributed by atoms with Crippen LogP contribution < -0.4 is 14.8 Å². The van der Waals surface area contributed by atoms with Crippen molar-refractivity contribution < 1.29 is 41.2 Å². The number of aromatic nitrogens is 4. The van der Waals surface area contributed by atoms with Gasteiger partial charge in [-0.2, -0.15) is 9.57 Å². The highest BCUT2D eigenvalue weighted by Crippen LogP contribution is 2.57. The number of nitriles is 1. The summed E-state index contributed by atoms with van der Waals surface area (Å²) in [4.78, 5) is 25.6. The summed E-state index contributed by atoms with van der Waals surface area (Å²) < 4.78 is 74.5. The topological polar surface area (TPSA) is 192 Å². The van der Waals surface area contributed by atoms with Crippen molar-refractivity contribution in [2.24, 2.45) is 0 Å². The first-order valence-corrected chi connectivity index (χ1v) is 23.8. The SMILES string of the molecule is CCN1[C@H]2[C@H](n3cnc4c(NC(C)=O)ncnc43)O[C@@](COC(c3ccccc3)(c3ccc(OC)cc3)c3ccc(OC)cc3)(CS1(=O)=O)[C@H]2OP(OCCC#N)N(C(C)C)C(C)C. The van der Waals surface area contributed by atoms with Gasteiger partial charge in [0.05, 0.1) is 58.0 Å². The van der Waals surface area contributed by atoms with Crippen LogP contribution in [-0.4, -0.2) is 112 Å². The number of anilines is 1. The molecule has 2 saturated heterocycles. The van der Waals surface area contributed by atoms with Gasteiger partial charge in [-0.15, -0.1) is 0 Å². The molecule has 2 bridgehead atoms. The molecular weight excluding hydrogens is 860 g/mol. The number of amides is 1. The van der Waals surface area contributed by atoms with Crippen molar-refractivity contribution in [2.75, 3.05) is 45.0 Å². The molecule has 2 aromatic heterocycles. The molecule has 0 saturated carbocycles. The fourth-order valence-corrected chi connectivity index (χ4v) is 12.7. The summed E-state index contributed by atoms with van der Waals surface area (Å²) in [5.41, 5.74) is -0.264. The number of rotatable bonds is 19. The second-order valence-corrected chi connectivity index (χ2v) is 19.4. The molecule has 1 amide bonds. The maximum absolute atomic E-state index is 14.8. The largest absolute Gasteiger partial charge is 0.497 e. The van der Waals surface area contributed by atoms with E-state index in [9.17, 15) is 18.5 Å². The van der Waals surface area contributed by atoms with Gasteiger partial charge in [-0.3, -0.25) is 9.36 Å². The first kappa shape index (κ1) is 46.9. The first-order chi connectivity index (χ1) is 30.7. The molecule has 0 radical (unpaired) electrons. The molecule has 0 spiro atoms. The number of carbonyl (C=O) groups is 1. The number of ether oxygens (including phenoxy) is 4. The van der Waals surface area contributed by atoms with Gasteiger partial charge in [0, 0.05) is 25.6 Å². The van der Waals surface area contributed by atoms with Gasteiger partial charge in [0.15, 0.2) is 23.2 Å². The fourth-order valence-electron chi connectivity index (χ4n) is 8.76. The monoisotopic (exact) mass is 914 g/mol. The minimum absolute atomic E-state index is 0.0678. The lowest BCUT2D eigenvalue weighted by atomic mass is 9.79. The quantitative estimate of drug-likeness (QED) is 0.0518. The first-order valence-electron chi connectivity index (χ1n) is 21.1. The molecule has 5 atom stereocenters. The minimum atomic E-state index is -4.09. The van der Waals surface area contributed by atoms with Crippen molar-refractivity contribution in [3.63, 3.8) is 0 Å². The van der Waals surface area contributed by atoms with Crippen LogP contribution in [0.15, 0.2) is 91.5 Å². The molecule has 3 aromatic carbocycles. The number of carbonyl (C=O) groups excluding carboxylic acids is 1. The van der Waals surface area contributed by atoms with Gasteiger partial charge < -0.3 is 33.3 Å². The number of nitrogens with zero attached hydrogens (tertiary/aromatic N) is 7. The lowest BCUT2D eigenvalue weighted by molar-refractivity contribution is -0.145. The maximum Gasteiger partial charge on any atom is 0.259 e. The molecule has 340 valence electrons. The van der Waals surface area contributed by atoms with Crippen LogP contribution in [0.4, 0.5) is 5.82 Å². The van der Waals surface area contributed by atoms with E-state index < -0.39 is 53.9 Å². The maximum atomic E-state index is 14.8. The third-order valence-corrected chi connectivity index (χ3v) is 15.6. The van der Waals surface area contributed by atoms with Crippen LogP contribution in [0, 0.1) is 11.3 Å². The van der Waals surface area contributed by atoms with Crippen molar-refractivity contribution in [1.29, 1.82) is 5.26 Å². The molecule has 0 aliphatic carbocycles. The lowest BCUT2D eigenvalue weighted by Crippen LogP contribution is -2.64. The van der Waals surface area contributed by atoms with E-state index in [1.807, 2.05) is 107 Å². The van der Waals surface area contributed by atoms with E-state index >= 15 is 0 Å². The molecule has 2 aliphatic rings. The zero-order valence-corrected chi connectivity index (χ0v) is 39.0. The van der Waals surface area contributed by atoms with E-state index in [1.54, 1.807) is 25.7 Å². The number of hydrogen-bond acceptors (Lipinski definition) is 14. The number of likely N-dealkylation sites (N-methyl/N-ethyl adjacent to an activating group) is 1. The fraction of sp³-hybridized carbons (Fsp3) is 0.444. The van der Waals surface area contributed by atoms with E-state index in [0.717, 1.165) is 16.7 Å². The van der Waals surface area contributed by atoms with Crippen LogP contribution in [0.1, 0.15) is 70.9 Å². The zero-order valence-electron chi connectivity index (χ0n) is 37.2. The molecule has 2 aliphatic heterocycles. The number of fused-ring (bicyclic) bond motifs is 3. The van der Waals surface area contributed by atoms with Gasteiger partial charge in [0.1, 0.15) is 35.1 Å². The zero-order chi connectivity index (χ0) is 45.8. The molecule has 4 heterocycles. The van der Waals surface area contributed by atoms with E-state index in [2.05, 4.69) is 31.0 Å². The summed E-state index contributed by atoms with van der Waals surface area (Å²) >= 11 is 0. The Labute approximate surface area is 375 Å². The van der Waals surface area contributed by atoms with Crippen LogP contribution in [0.5, 0.6) is 11.5 Å². The molecule has 64 heavy (non-hydrogen) atoms. The highest BCUT2D eigenvalue weighted by atomic mass is 32.2. The summed E-state index contributed by atoms with van der Waals surface area (Å²) in [7, 11) is -2.84. The highest BCUT2D eigenvalue weighted by Gasteiger charge is 2.67. The summed E-state index contributed by atoms with van der Waals surface area (Å²) in [5.74, 6) is 0.588. The van der Waals surface area contributed by atoms with Crippen LogP contribution in [-0.2, 0) is 38.9 Å². The number of methoxy groups -OCH3 is 2. The average Bonchev–Trinajstić information content (AvgIpc) is 3.81. The van der Waals surface area contributed by atoms with Crippen molar-refractivity contribution >= 4 is 41.4 Å². The Morgan fingerprint density at radius 3 is 2.12 bits per heavy atom.